The minimum absolute atomic E-state index is 0.809. The molecule has 0 aromatic carbocycles. The molecule has 94 valence electrons. The van der Waals surface area contributed by atoms with Gasteiger partial charge in [0.2, 0.25) is 5.95 Å². The molecule has 0 aliphatic carbocycles. The average Bonchev–Trinajstić information content (AvgIpc) is 2.82. The lowest BCUT2D eigenvalue weighted by atomic mass is 10.3. The molecule has 3 heterocycles. The lowest BCUT2D eigenvalue weighted by Crippen LogP contribution is -2.29. The summed E-state index contributed by atoms with van der Waals surface area (Å²) in [4.78, 5) is 15.5. The number of rotatable bonds is 2. The molecule has 1 fully saturated rings. The Morgan fingerprint density at radius 3 is 3.06 bits per heavy atom. The predicted octanol–water partition coefficient (Wildman–Crippen LogP) is 1.40. The molecule has 0 saturated carbocycles. The second-order valence-corrected chi connectivity index (χ2v) is 4.92. The maximum Gasteiger partial charge on any atom is 0.225 e. The van der Waals surface area contributed by atoms with Gasteiger partial charge in [-0.1, -0.05) is 0 Å². The lowest BCUT2D eigenvalue weighted by Gasteiger charge is -2.19. The van der Waals surface area contributed by atoms with Crippen LogP contribution in [-0.4, -0.2) is 41.1 Å². The van der Waals surface area contributed by atoms with Crippen molar-refractivity contribution in [2.45, 2.75) is 6.42 Å². The molecule has 2 aromatic rings. The highest BCUT2D eigenvalue weighted by Gasteiger charge is 2.13. The monoisotopic (exact) mass is 261 g/mol. The van der Waals surface area contributed by atoms with Gasteiger partial charge in [-0.15, -0.1) is 11.3 Å². The van der Waals surface area contributed by atoms with Gasteiger partial charge in [0, 0.05) is 31.2 Å². The molecule has 1 N–H and O–H groups in total. The summed E-state index contributed by atoms with van der Waals surface area (Å²) in [6.07, 6.45) is 2.94. The highest BCUT2D eigenvalue weighted by atomic mass is 32.1. The number of aromatic nitrogens is 3. The molecule has 18 heavy (non-hydrogen) atoms. The average molecular weight is 261 g/mol. The highest BCUT2D eigenvalue weighted by molar-refractivity contribution is 7.07. The van der Waals surface area contributed by atoms with Crippen LogP contribution in [0.3, 0.4) is 0 Å². The van der Waals surface area contributed by atoms with Crippen molar-refractivity contribution in [2.24, 2.45) is 0 Å². The molecule has 1 aliphatic rings. The summed E-state index contributed by atoms with van der Waals surface area (Å²) in [7, 11) is 0. The summed E-state index contributed by atoms with van der Waals surface area (Å²) in [6, 6.07) is 1.91. The predicted molar refractivity (Wildman–Crippen MR) is 72.8 cm³/mol. The van der Waals surface area contributed by atoms with E-state index in [0.717, 1.165) is 49.9 Å². The van der Waals surface area contributed by atoms with E-state index in [0.29, 0.717) is 0 Å². The van der Waals surface area contributed by atoms with Gasteiger partial charge in [-0.05, 0) is 19.0 Å². The van der Waals surface area contributed by atoms with E-state index in [4.69, 9.17) is 0 Å². The Kier molecular flexibility index (Phi) is 3.47. The summed E-state index contributed by atoms with van der Waals surface area (Å²) < 4.78 is 0. The number of thiazole rings is 1. The number of anilines is 1. The highest BCUT2D eigenvalue weighted by Crippen LogP contribution is 2.18. The lowest BCUT2D eigenvalue weighted by molar-refractivity contribution is 0.724. The normalized spacial score (nSPS) is 16.6. The Morgan fingerprint density at radius 1 is 1.17 bits per heavy atom. The molecule has 1 saturated heterocycles. The van der Waals surface area contributed by atoms with Crippen LogP contribution in [0.25, 0.3) is 11.4 Å². The molecular formula is C12H15N5S. The third-order valence-electron chi connectivity index (χ3n) is 2.96. The second kappa shape index (κ2) is 5.41. The quantitative estimate of drug-likeness (QED) is 0.885. The Bertz CT molecular complexity index is 491. The first-order valence-electron chi connectivity index (χ1n) is 6.11. The van der Waals surface area contributed by atoms with Crippen LogP contribution in [0, 0.1) is 0 Å². The Balaban J connectivity index is 1.86. The SMILES string of the molecule is c1cc(-c2cscn2)nc(N2CCCNCC2)n1. The Labute approximate surface area is 110 Å². The maximum atomic E-state index is 4.61. The van der Waals surface area contributed by atoms with Gasteiger partial charge in [0.05, 0.1) is 16.9 Å². The van der Waals surface area contributed by atoms with Crippen molar-refractivity contribution < 1.29 is 0 Å². The minimum atomic E-state index is 0.809. The van der Waals surface area contributed by atoms with Gasteiger partial charge in [-0.3, -0.25) is 0 Å². The first kappa shape index (κ1) is 11.6. The zero-order valence-electron chi connectivity index (χ0n) is 10.0. The van der Waals surface area contributed by atoms with E-state index in [9.17, 15) is 0 Å². The zero-order valence-corrected chi connectivity index (χ0v) is 10.9. The van der Waals surface area contributed by atoms with Crippen LogP contribution in [0.1, 0.15) is 6.42 Å². The van der Waals surface area contributed by atoms with Crippen LogP contribution < -0.4 is 10.2 Å². The van der Waals surface area contributed by atoms with Gasteiger partial charge in [0.25, 0.3) is 0 Å². The van der Waals surface area contributed by atoms with Crippen LogP contribution in [0.2, 0.25) is 0 Å². The van der Waals surface area contributed by atoms with E-state index in [2.05, 4.69) is 25.2 Å². The largest absolute Gasteiger partial charge is 0.339 e. The van der Waals surface area contributed by atoms with Gasteiger partial charge in [0.1, 0.15) is 0 Å². The van der Waals surface area contributed by atoms with Crippen LogP contribution in [-0.2, 0) is 0 Å². The van der Waals surface area contributed by atoms with Crippen LogP contribution in [0.15, 0.2) is 23.2 Å². The summed E-state index contributed by atoms with van der Waals surface area (Å²) in [6.45, 7) is 4.03. The van der Waals surface area contributed by atoms with Crippen LogP contribution in [0.5, 0.6) is 0 Å². The summed E-state index contributed by atoms with van der Waals surface area (Å²) in [5, 5.41) is 5.39. The number of hydrogen-bond donors (Lipinski definition) is 1. The molecule has 0 radical (unpaired) electrons. The standard InChI is InChI=1S/C12H15N5S/c1-3-13-5-7-17(6-1)12-14-4-2-10(16-12)11-8-18-9-15-11/h2,4,8-9,13H,1,3,5-7H2. The smallest absolute Gasteiger partial charge is 0.225 e. The van der Waals surface area contributed by atoms with Crippen molar-refractivity contribution in [2.75, 3.05) is 31.1 Å². The minimum Gasteiger partial charge on any atom is -0.339 e. The maximum absolute atomic E-state index is 4.61. The molecule has 0 amide bonds. The first-order chi connectivity index (χ1) is 8.93. The van der Waals surface area contributed by atoms with E-state index in [1.165, 1.54) is 0 Å². The summed E-state index contributed by atoms with van der Waals surface area (Å²) in [5.74, 6) is 0.809. The number of nitrogens with zero attached hydrogens (tertiary/aromatic N) is 4. The summed E-state index contributed by atoms with van der Waals surface area (Å²) in [5.41, 5.74) is 3.66. The van der Waals surface area contributed by atoms with Crippen molar-refractivity contribution >= 4 is 17.3 Å². The second-order valence-electron chi connectivity index (χ2n) is 4.21. The Morgan fingerprint density at radius 2 is 2.17 bits per heavy atom. The molecule has 5 nitrogen and oxygen atoms in total. The third kappa shape index (κ3) is 2.49. The zero-order chi connectivity index (χ0) is 12.2. The molecule has 0 spiro atoms. The van der Waals surface area contributed by atoms with Gasteiger partial charge < -0.3 is 10.2 Å². The van der Waals surface area contributed by atoms with Gasteiger partial charge in [0.15, 0.2) is 0 Å². The molecule has 0 unspecified atom stereocenters. The fourth-order valence-electron chi connectivity index (χ4n) is 2.03. The molecule has 1 aliphatic heterocycles. The van der Waals surface area contributed by atoms with E-state index in [-0.39, 0.29) is 0 Å². The van der Waals surface area contributed by atoms with Crippen molar-refractivity contribution in [1.29, 1.82) is 0 Å². The molecule has 0 bridgehead atoms. The van der Waals surface area contributed by atoms with Crippen molar-refractivity contribution in [3.8, 4) is 11.4 Å². The van der Waals surface area contributed by atoms with Gasteiger partial charge in [-0.2, -0.15) is 0 Å². The molecule has 3 rings (SSSR count). The van der Waals surface area contributed by atoms with Crippen molar-refractivity contribution in [3.63, 3.8) is 0 Å². The topological polar surface area (TPSA) is 53.9 Å². The van der Waals surface area contributed by atoms with Crippen molar-refractivity contribution in [1.82, 2.24) is 20.3 Å². The van der Waals surface area contributed by atoms with E-state index < -0.39 is 0 Å². The Hall–Kier alpha value is -1.53. The van der Waals surface area contributed by atoms with Crippen LogP contribution >= 0.6 is 11.3 Å². The van der Waals surface area contributed by atoms with E-state index >= 15 is 0 Å². The van der Waals surface area contributed by atoms with Crippen LogP contribution in [0.4, 0.5) is 5.95 Å². The molecule has 0 atom stereocenters. The van der Waals surface area contributed by atoms with Gasteiger partial charge in [-0.25, -0.2) is 15.0 Å². The summed E-state index contributed by atoms with van der Waals surface area (Å²) >= 11 is 1.58. The molecular weight excluding hydrogens is 246 g/mol. The molecule has 2 aromatic heterocycles. The first-order valence-corrected chi connectivity index (χ1v) is 7.05. The number of hydrogen-bond acceptors (Lipinski definition) is 6. The molecule has 6 heteroatoms. The fraction of sp³-hybridized carbons (Fsp3) is 0.417. The van der Waals surface area contributed by atoms with E-state index in [1.54, 1.807) is 11.3 Å². The van der Waals surface area contributed by atoms with Crippen molar-refractivity contribution in [3.05, 3.63) is 23.2 Å². The fourth-order valence-corrected chi connectivity index (χ4v) is 2.57. The van der Waals surface area contributed by atoms with Gasteiger partial charge >= 0.3 is 0 Å². The number of nitrogens with one attached hydrogen (secondary N) is 1. The third-order valence-corrected chi connectivity index (χ3v) is 3.55. The van der Waals surface area contributed by atoms with E-state index in [1.807, 2.05) is 23.2 Å².